The van der Waals surface area contributed by atoms with Crippen molar-refractivity contribution in [1.29, 1.82) is 5.26 Å². The van der Waals surface area contributed by atoms with Crippen LogP contribution in [-0.4, -0.2) is 13.7 Å². The smallest absolute Gasteiger partial charge is 0.122 e. The summed E-state index contributed by atoms with van der Waals surface area (Å²) in [6.45, 7) is 4.64. The predicted molar refractivity (Wildman–Crippen MR) is 87.4 cm³/mol. The molecule has 2 rings (SSSR count). The van der Waals surface area contributed by atoms with E-state index in [-0.39, 0.29) is 5.92 Å². The van der Waals surface area contributed by atoms with E-state index in [9.17, 15) is 5.26 Å². The fraction of sp³-hybridized carbons (Fsp3) is 0.316. The largest absolute Gasteiger partial charge is 0.496 e. The lowest BCUT2D eigenvalue weighted by Gasteiger charge is -2.14. The molecule has 0 saturated heterocycles. The highest BCUT2D eigenvalue weighted by molar-refractivity contribution is 5.40. The lowest BCUT2D eigenvalue weighted by atomic mass is 9.92. The molecule has 0 aliphatic heterocycles. The van der Waals surface area contributed by atoms with Crippen LogP contribution in [-0.2, 0) is 6.42 Å². The van der Waals surface area contributed by atoms with Crippen molar-refractivity contribution in [3.8, 4) is 17.6 Å². The molecule has 1 unspecified atom stereocenters. The number of nitrogens with zero attached hydrogens (tertiary/aromatic N) is 1. The molecule has 0 aromatic heterocycles. The summed E-state index contributed by atoms with van der Waals surface area (Å²) in [7, 11) is 1.66. The number of ether oxygens (including phenoxy) is 2. The number of hydrogen-bond donors (Lipinski definition) is 0. The van der Waals surface area contributed by atoms with Gasteiger partial charge in [-0.2, -0.15) is 5.26 Å². The van der Waals surface area contributed by atoms with Crippen molar-refractivity contribution >= 4 is 0 Å². The maximum atomic E-state index is 9.52. The zero-order valence-corrected chi connectivity index (χ0v) is 13.3. The summed E-state index contributed by atoms with van der Waals surface area (Å²) in [5, 5.41) is 9.52. The van der Waals surface area contributed by atoms with Crippen LogP contribution in [0.3, 0.4) is 0 Å². The Kier molecular flexibility index (Phi) is 5.43. The van der Waals surface area contributed by atoms with Crippen LogP contribution in [0.1, 0.15) is 29.5 Å². The number of rotatable bonds is 6. The van der Waals surface area contributed by atoms with E-state index >= 15 is 0 Å². The third kappa shape index (κ3) is 3.79. The second-order valence-electron chi connectivity index (χ2n) is 5.20. The van der Waals surface area contributed by atoms with Crippen molar-refractivity contribution in [3.05, 3.63) is 59.2 Å². The van der Waals surface area contributed by atoms with Crippen LogP contribution in [0.15, 0.2) is 42.5 Å². The van der Waals surface area contributed by atoms with Gasteiger partial charge < -0.3 is 9.47 Å². The highest BCUT2D eigenvalue weighted by Crippen LogP contribution is 2.28. The van der Waals surface area contributed by atoms with Gasteiger partial charge in [0.2, 0.25) is 0 Å². The zero-order valence-electron chi connectivity index (χ0n) is 13.3. The Bertz CT molecular complexity index is 656. The monoisotopic (exact) mass is 295 g/mol. The van der Waals surface area contributed by atoms with E-state index in [2.05, 4.69) is 12.1 Å². The Morgan fingerprint density at radius 3 is 2.45 bits per heavy atom. The molecule has 2 aromatic carbocycles. The standard InChI is InChI=1S/C19H21NO2/c1-4-22-18-8-6-15(7-9-18)17(13-20)12-16-11-14(2)5-10-19(16)21-3/h5-11,17H,4,12H2,1-3H3. The van der Waals surface area contributed by atoms with Crippen molar-refractivity contribution in [2.45, 2.75) is 26.2 Å². The van der Waals surface area contributed by atoms with E-state index in [4.69, 9.17) is 9.47 Å². The molecule has 0 radical (unpaired) electrons. The molecule has 3 nitrogen and oxygen atoms in total. The fourth-order valence-corrected chi connectivity index (χ4v) is 2.49. The molecule has 0 aliphatic rings. The minimum Gasteiger partial charge on any atom is -0.496 e. The van der Waals surface area contributed by atoms with E-state index in [1.54, 1.807) is 7.11 Å². The van der Waals surface area contributed by atoms with Gasteiger partial charge in [0, 0.05) is 0 Å². The molecule has 0 amide bonds. The molecular weight excluding hydrogens is 274 g/mol. The third-order valence-electron chi connectivity index (χ3n) is 3.61. The highest BCUT2D eigenvalue weighted by Gasteiger charge is 2.14. The van der Waals surface area contributed by atoms with Crippen LogP contribution < -0.4 is 9.47 Å². The van der Waals surface area contributed by atoms with Gasteiger partial charge in [0.1, 0.15) is 11.5 Å². The molecule has 0 heterocycles. The molecule has 0 bridgehead atoms. The van der Waals surface area contributed by atoms with Crippen molar-refractivity contribution in [2.75, 3.05) is 13.7 Å². The summed E-state index contributed by atoms with van der Waals surface area (Å²) in [4.78, 5) is 0. The van der Waals surface area contributed by atoms with Gasteiger partial charge in [0.25, 0.3) is 0 Å². The average Bonchev–Trinajstić information content (AvgIpc) is 2.54. The first-order chi connectivity index (χ1) is 10.7. The zero-order chi connectivity index (χ0) is 15.9. The van der Waals surface area contributed by atoms with E-state index in [0.717, 1.165) is 22.6 Å². The minimum atomic E-state index is -0.202. The van der Waals surface area contributed by atoms with Crippen molar-refractivity contribution < 1.29 is 9.47 Å². The third-order valence-corrected chi connectivity index (χ3v) is 3.61. The lowest BCUT2D eigenvalue weighted by molar-refractivity contribution is 0.340. The second-order valence-corrected chi connectivity index (χ2v) is 5.20. The predicted octanol–water partition coefficient (Wildman–Crippen LogP) is 4.25. The quantitative estimate of drug-likeness (QED) is 0.800. The maximum absolute atomic E-state index is 9.52. The normalized spacial score (nSPS) is 11.5. The van der Waals surface area contributed by atoms with Crippen LogP contribution in [0.2, 0.25) is 0 Å². The fourth-order valence-electron chi connectivity index (χ4n) is 2.49. The minimum absolute atomic E-state index is 0.202. The molecule has 0 fully saturated rings. The number of nitriles is 1. The molecule has 0 aliphatic carbocycles. The van der Waals surface area contributed by atoms with E-state index < -0.39 is 0 Å². The Morgan fingerprint density at radius 1 is 1.14 bits per heavy atom. The van der Waals surface area contributed by atoms with Crippen LogP contribution in [0, 0.1) is 18.3 Å². The van der Waals surface area contributed by atoms with Crippen LogP contribution >= 0.6 is 0 Å². The van der Waals surface area contributed by atoms with Gasteiger partial charge in [-0.3, -0.25) is 0 Å². The van der Waals surface area contributed by atoms with E-state index in [1.165, 1.54) is 5.56 Å². The van der Waals surface area contributed by atoms with Gasteiger partial charge in [-0.15, -0.1) is 0 Å². The molecule has 3 heteroatoms. The van der Waals surface area contributed by atoms with Gasteiger partial charge in [-0.05, 0) is 49.6 Å². The van der Waals surface area contributed by atoms with Gasteiger partial charge in [-0.1, -0.05) is 29.8 Å². The molecule has 0 saturated carbocycles. The van der Waals surface area contributed by atoms with Crippen LogP contribution in [0.4, 0.5) is 0 Å². The Morgan fingerprint density at radius 2 is 1.86 bits per heavy atom. The molecular formula is C19H21NO2. The summed E-state index contributed by atoms with van der Waals surface area (Å²) < 4.78 is 10.8. The number of hydrogen-bond acceptors (Lipinski definition) is 3. The second kappa shape index (κ2) is 7.51. The highest BCUT2D eigenvalue weighted by atomic mass is 16.5. The summed E-state index contributed by atoms with van der Waals surface area (Å²) in [5.41, 5.74) is 3.22. The summed E-state index contributed by atoms with van der Waals surface area (Å²) in [5.74, 6) is 1.46. The number of benzene rings is 2. The van der Waals surface area contributed by atoms with Crippen molar-refractivity contribution in [2.24, 2.45) is 0 Å². The molecule has 0 N–H and O–H groups in total. The number of aryl methyl sites for hydroxylation is 1. The SMILES string of the molecule is CCOc1ccc(C(C#N)Cc2cc(C)ccc2OC)cc1. The topological polar surface area (TPSA) is 42.2 Å². The summed E-state index contributed by atoms with van der Waals surface area (Å²) in [6.07, 6.45) is 0.634. The summed E-state index contributed by atoms with van der Waals surface area (Å²) in [6, 6.07) is 16.2. The lowest BCUT2D eigenvalue weighted by Crippen LogP contribution is -2.03. The van der Waals surface area contributed by atoms with Crippen LogP contribution in [0.25, 0.3) is 0 Å². The molecule has 2 aromatic rings. The Labute approximate surface area is 132 Å². The molecule has 22 heavy (non-hydrogen) atoms. The van der Waals surface area contributed by atoms with Crippen LogP contribution in [0.5, 0.6) is 11.5 Å². The first-order valence-corrected chi connectivity index (χ1v) is 7.43. The van der Waals surface area contributed by atoms with E-state index in [0.29, 0.717) is 13.0 Å². The van der Waals surface area contributed by atoms with Crippen molar-refractivity contribution in [3.63, 3.8) is 0 Å². The Hall–Kier alpha value is -2.47. The first kappa shape index (κ1) is 15.9. The molecule has 1 atom stereocenters. The maximum Gasteiger partial charge on any atom is 0.122 e. The number of methoxy groups -OCH3 is 1. The van der Waals surface area contributed by atoms with Gasteiger partial charge in [0.15, 0.2) is 0 Å². The van der Waals surface area contributed by atoms with Crippen molar-refractivity contribution in [1.82, 2.24) is 0 Å². The van der Waals surface area contributed by atoms with Gasteiger partial charge in [-0.25, -0.2) is 0 Å². The molecule has 0 spiro atoms. The van der Waals surface area contributed by atoms with E-state index in [1.807, 2.05) is 50.2 Å². The Balaban J connectivity index is 2.22. The average molecular weight is 295 g/mol. The summed E-state index contributed by atoms with van der Waals surface area (Å²) >= 11 is 0. The molecule has 114 valence electrons. The van der Waals surface area contributed by atoms with Gasteiger partial charge >= 0.3 is 0 Å². The van der Waals surface area contributed by atoms with Gasteiger partial charge in [0.05, 0.1) is 25.7 Å². The first-order valence-electron chi connectivity index (χ1n) is 7.43.